The predicted molar refractivity (Wildman–Crippen MR) is 105 cm³/mol. The van der Waals surface area contributed by atoms with Gasteiger partial charge in [0.25, 0.3) is 0 Å². The molecule has 0 aromatic heterocycles. The summed E-state index contributed by atoms with van der Waals surface area (Å²) in [6.45, 7) is 5.58. The van der Waals surface area contributed by atoms with Crippen LogP contribution in [0.3, 0.4) is 0 Å². The lowest BCUT2D eigenvalue weighted by Crippen LogP contribution is -2.47. The molecule has 2 aromatic carbocycles. The molecule has 1 unspecified atom stereocenters. The average Bonchev–Trinajstić information content (AvgIpc) is 2.62. The topological polar surface area (TPSA) is 77.9 Å². The van der Waals surface area contributed by atoms with Crippen LogP contribution >= 0.6 is 0 Å². The Bertz CT molecular complexity index is 822. The fourth-order valence-electron chi connectivity index (χ4n) is 2.31. The van der Waals surface area contributed by atoms with Crippen molar-refractivity contribution in [3.05, 3.63) is 66.2 Å². The highest BCUT2D eigenvalue weighted by Crippen LogP contribution is 2.15. The number of hydrogen-bond acceptors (Lipinski definition) is 5. The van der Waals surface area contributed by atoms with Gasteiger partial charge in [-0.15, -0.1) is 0 Å². The molecule has 0 saturated heterocycles. The molecule has 0 saturated carbocycles. The molecule has 0 spiro atoms. The van der Waals surface area contributed by atoms with Crippen molar-refractivity contribution in [2.75, 3.05) is 5.32 Å². The molecule has 2 aromatic rings. The van der Waals surface area contributed by atoms with Crippen molar-refractivity contribution in [3.63, 3.8) is 0 Å². The number of carbonyl (C=O) groups is 1. The molecule has 0 radical (unpaired) electrons. The molecule has 0 aliphatic carbocycles. The molecule has 1 aliphatic heterocycles. The number of hydrogen-bond donors (Lipinski definition) is 3. The van der Waals surface area contributed by atoms with Gasteiger partial charge in [-0.25, -0.2) is 9.98 Å². The van der Waals surface area contributed by atoms with E-state index in [1.54, 1.807) is 0 Å². The lowest BCUT2D eigenvalue weighted by molar-refractivity contribution is -0.129. The highest BCUT2D eigenvalue weighted by Gasteiger charge is 2.26. The maximum absolute atomic E-state index is 12.4. The van der Waals surface area contributed by atoms with Crippen molar-refractivity contribution in [3.8, 4) is 0 Å². The largest absolute Gasteiger partial charge is 0.326 e. The van der Waals surface area contributed by atoms with Crippen LogP contribution in [0.4, 0.5) is 5.69 Å². The van der Waals surface area contributed by atoms with Crippen molar-refractivity contribution < 1.29 is 4.79 Å². The van der Waals surface area contributed by atoms with Gasteiger partial charge in [0.15, 0.2) is 0 Å². The van der Waals surface area contributed by atoms with Crippen molar-refractivity contribution in [1.29, 1.82) is 0 Å². The first-order valence-electron chi connectivity index (χ1n) is 8.53. The third kappa shape index (κ3) is 4.47. The summed E-state index contributed by atoms with van der Waals surface area (Å²) in [4.78, 5) is 21.4. The molecule has 6 heteroatoms. The van der Waals surface area contributed by atoms with E-state index in [2.05, 4.69) is 25.9 Å². The lowest BCUT2D eigenvalue weighted by atomic mass is 9.96. The summed E-state index contributed by atoms with van der Waals surface area (Å²) < 4.78 is 0. The van der Waals surface area contributed by atoms with Gasteiger partial charge in [-0.05, 0) is 12.1 Å². The van der Waals surface area contributed by atoms with Gasteiger partial charge in [-0.2, -0.15) is 0 Å². The Morgan fingerprint density at radius 3 is 2.19 bits per heavy atom. The monoisotopic (exact) mass is 349 g/mol. The van der Waals surface area contributed by atoms with Gasteiger partial charge in [0.05, 0.1) is 0 Å². The van der Waals surface area contributed by atoms with E-state index >= 15 is 0 Å². The Balaban J connectivity index is 1.86. The highest BCUT2D eigenvalue weighted by atomic mass is 16.2. The fourth-order valence-corrected chi connectivity index (χ4v) is 2.31. The normalized spacial score (nSPS) is 16.8. The number of guanidine groups is 1. The molecule has 26 heavy (non-hydrogen) atoms. The zero-order valence-corrected chi connectivity index (χ0v) is 15.2. The van der Waals surface area contributed by atoms with Gasteiger partial charge < -0.3 is 16.0 Å². The number of anilines is 1. The molecule has 3 rings (SSSR count). The SMILES string of the molecule is CC(C)(C)C(=O)NC1N=C(Nc2ccccc2)NC(c2ccccc2)=N1. The first-order chi connectivity index (χ1) is 12.4. The second-order valence-electron chi connectivity index (χ2n) is 7.03. The van der Waals surface area contributed by atoms with Gasteiger partial charge in [0, 0.05) is 16.7 Å². The smallest absolute Gasteiger partial charge is 0.228 e. The first kappa shape index (κ1) is 17.7. The zero-order valence-electron chi connectivity index (χ0n) is 15.2. The Morgan fingerprint density at radius 1 is 0.962 bits per heavy atom. The van der Waals surface area contributed by atoms with E-state index in [1.807, 2.05) is 81.4 Å². The number of amidine groups is 1. The predicted octanol–water partition coefficient (Wildman–Crippen LogP) is 2.95. The highest BCUT2D eigenvalue weighted by molar-refractivity contribution is 6.13. The molecule has 1 heterocycles. The number of para-hydroxylation sites is 1. The standard InChI is InChI=1S/C20H23N5O/c1-20(2,3)17(26)24-19-23-16(14-10-6-4-7-11-14)22-18(25-19)21-15-12-8-5-9-13-15/h4-13,19H,1-3H3,(H,24,26)(H2,21,22,23,25). The van der Waals surface area contributed by atoms with Crippen LogP contribution in [0.2, 0.25) is 0 Å². The minimum Gasteiger partial charge on any atom is -0.326 e. The van der Waals surface area contributed by atoms with Crippen LogP contribution < -0.4 is 16.0 Å². The van der Waals surface area contributed by atoms with Crippen LogP contribution in [-0.4, -0.2) is 24.0 Å². The molecular weight excluding hydrogens is 326 g/mol. The summed E-state index contributed by atoms with van der Waals surface area (Å²) in [5, 5.41) is 9.31. The van der Waals surface area contributed by atoms with E-state index in [0.717, 1.165) is 11.3 Å². The molecule has 3 N–H and O–H groups in total. The lowest BCUT2D eigenvalue weighted by Gasteiger charge is -2.25. The fraction of sp³-hybridized carbons (Fsp3) is 0.250. The molecule has 1 amide bonds. The van der Waals surface area contributed by atoms with Gasteiger partial charge in [0.1, 0.15) is 5.84 Å². The van der Waals surface area contributed by atoms with Crippen LogP contribution in [0.15, 0.2) is 70.6 Å². The Hall–Kier alpha value is -3.15. The first-order valence-corrected chi connectivity index (χ1v) is 8.53. The van der Waals surface area contributed by atoms with Crippen molar-refractivity contribution in [2.45, 2.75) is 27.1 Å². The van der Waals surface area contributed by atoms with E-state index in [-0.39, 0.29) is 5.91 Å². The number of rotatable bonds is 3. The molecule has 6 nitrogen and oxygen atoms in total. The molecule has 0 bridgehead atoms. The maximum atomic E-state index is 12.4. The summed E-state index contributed by atoms with van der Waals surface area (Å²) in [6, 6.07) is 19.5. The third-order valence-electron chi connectivity index (χ3n) is 3.76. The van der Waals surface area contributed by atoms with E-state index in [0.29, 0.717) is 11.8 Å². The maximum Gasteiger partial charge on any atom is 0.228 e. The van der Waals surface area contributed by atoms with E-state index < -0.39 is 11.7 Å². The molecule has 1 aliphatic rings. The minimum atomic E-state index is -0.690. The van der Waals surface area contributed by atoms with Gasteiger partial charge in [-0.3, -0.25) is 4.79 Å². The van der Waals surface area contributed by atoms with Gasteiger partial charge in [-0.1, -0.05) is 69.3 Å². The minimum absolute atomic E-state index is 0.108. The number of nitrogens with one attached hydrogen (secondary N) is 3. The summed E-state index contributed by atoms with van der Waals surface area (Å²) in [6.07, 6.45) is -0.690. The second kappa shape index (κ2) is 7.39. The van der Waals surface area contributed by atoms with Crippen molar-refractivity contribution in [2.24, 2.45) is 15.4 Å². The molecule has 134 valence electrons. The Labute approximate surface area is 153 Å². The second-order valence-corrected chi connectivity index (χ2v) is 7.03. The third-order valence-corrected chi connectivity index (χ3v) is 3.76. The van der Waals surface area contributed by atoms with Crippen LogP contribution in [0.1, 0.15) is 26.3 Å². The summed E-state index contributed by atoms with van der Waals surface area (Å²) in [5.74, 6) is 1.07. The quantitative estimate of drug-likeness (QED) is 0.797. The van der Waals surface area contributed by atoms with Crippen LogP contribution in [-0.2, 0) is 4.79 Å². The zero-order chi connectivity index (χ0) is 18.6. The number of nitrogens with zero attached hydrogens (tertiary/aromatic N) is 2. The van der Waals surface area contributed by atoms with Crippen molar-refractivity contribution in [1.82, 2.24) is 10.6 Å². The summed E-state index contributed by atoms with van der Waals surface area (Å²) >= 11 is 0. The van der Waals surface area contributed by atoms with E-state index in [9.17, 15) is 4.79 Å². The molecule has 1 atom stereocenters. The number of carbonyl (C=O) groups excluding carboxylic acids is 1. The van der Waals surface area contributed by atoms with Gasteiger partial charge in [0.2, 0.25) is 18.2 Å². The Kier molecular flexibility index (Phi) is 5.02. The number of aliphatic imine (C=N–C) groups is 2. The average molecular weight is 349 g/mol. The van der Waals surface area contributed by atoms with E-state index in [1.165, 1.54) is 0 Å². The Morgan fingerprint density at radius 2 is 1.58 bits per heavy atom. The number of benzene rings is 2. The van der Waals surface area contributed by atoms with Crippen LogP contribution in [0.25, 0.3) is 0 Å². The molecular formula is C20H23N5O. The summed E-state index contributed by atoms with van der Waals surface area (Å²) in [5.41, 5.74) is 1.30. The van der Waals surface area contributed by atoms with Gasteiger partial charge >= 0.3 is 0 Å². The van der Waals surface area contributed by atoms with Crippen LogP contribution in [0, 0.1) is 5.41 Å². The van der Waals surface area contributed by atoms with E-state index in [4.69, 9.17) is 0 Å². The van der Waals surface area contributed by atoms with Crippen molar-refractivity contribution >= 4 is 23.4 Å². The van der Waals surface area contributed by atoms with Crippen LogP contribution in [0.5, 0.6) is 0 Å². The number of amides is 1. The summed E-state index contributed by atoms with van der Waals surface area (Å²) in [7, 11) is 0. The molecule has 0 fully saturated rings.